The summed E-state index contributed by atoms with van der Waals surface area (Å²) in [7, 11) is 0. The Bertz CT molecular complexity index is 276. The molecular weight excluding hydrogens is 186 g/mol. The molecule has 1 fully saturated rings. The number of piperidine rings is 1. The van der Waals surface area contributed by atoms with Gasteiger partial charge >= 0.3 is 0 Å². The molecule has 1 aromatic rings. The highest BCUT2D eigenvalue weighted by Gasteiger charge is 2.17. The zero-order chi connectivity index (χ0) is 9.10. The number of aromatic nitrogens is 1. The molecule has 0 aromatic carbocycles. The van der Waals surface area contributed by atoms with Crippen LogP contribution in [-0.4, -0.2) is 23.5 Å². The summed E-state index contributed by atoms with van der Waals surface area (Å²) in [6, 6.07) is 0.337. The molecule has 2 rings (SSSR count). The number of thiazole rings is 1. The highest BCUT2D eigenvalue weighted by Crippen LogP contribution is 2.14. The van der Waals surface area contributed by atoms with Crippen molar-refractivity contribution in [3.63, 3.8) is 0 Å². The van der Waals surface area contributed by atoms with Crippen molar-refractivity contribution < 1.29 is 4.79 Å². The van der Waals surface area contributed by atoms with E-state index in [0.717, 1.165) is 11.6 Å². The van der Waals surface area contributed by atoms with Crippen LogP contribution in [0.15, 0.2) is 11.6 Å². The number of amides is 1. The summed E-state index contributed by atoms with van der Waals surface area (Å²) in [5, 5.41) is 8.96. The summed E-state index contributed by atoms with van der Waals surface area (Å²) in [6.07, 6.45) is 3.28. The Labute approximate surface area is 80.4 Å². The van der Waals surface area contributed by atoms with Crippen LogP contribution in [0.1, 0.15) is 12.8 Å². The minimum atomic E-state index is 0.150. The number of hydrogen-bond donors (Lipinski definition) is 2. The summed E-state index contributed by atoms with van der Waals surface area (Å²) < 4.78 is 0. The molecule has 13 heavy (non-hydrogen) atoms. The van der Waals surface area contributed by atoms with E-state index in [1.165, 1.54) is 0 Å². The molecule has 0 aliphatic carbocycles. The van der Waals surface area contributed by atoms with E-state index in [0.29, 0.717) is 19.0 Å². The number of carbonyl (C=O) groups is 1. The molecule has 0 spiro atoms. The second kappa shape index (κ2) is 3.74. The fraction of sp³-hybridized carbons (Fsp3) is 0.500. The van der Waals surface area contributed by atoms with E-state index in [2.05, 4.69) is 15.6 Å². The van der Waals surface area contributed by atoms with Crippen molar-refractivity contribution in [3.05, 3.63) is 11.6 Å². The van der Waals surface area contributed by atoms with Crippen LogP contribution in [0.5, 0.6) is 0 Å². The van der Waals surface area contributed by atoms with Crippen molar-refractivity contribution >= 4 is 22.4 Å². The van der Waals surface area contributed by atoms with Gasteiger partial charge in [0.15, 0.2) is 5.13 Å². The van der Waals surface area contributed by atoms with Gasteiger partial charge in [-0.1, -0.05) is 0 Å². The first-order valence-corrected chi connectivity index (χ1v) is 5.15. The number of nitrogens with one attached hydrogen (secondary N) is 2. The summed E-state index contributed by atoms with van der Waals surface area (Å²) in [5.41, 5.74) is 0. The van der Waals surface area contributed by atoms with Crippen LogP contribution < -0.4 is 10.6 Å². The third-order valence-electron chi connectivity index (χ3n) is 2.03. The zero-order valence-corrected chi connectivity index (χ0v) is 7.93. The van der Waals surface area contributed by atoms with Crippen molar-refractivity contribution in [1.82, 2.24) is 10.3 Å². The van der Waals surface area contributed by atoms with Gasteiger partial charge in [0.25, 0.3) is 0 Å². The van der Waals surface area contributed by atoms with Gasteiger partial charge in [0.05, 0.1) is 0 Å². The lowest BCUT2D eigenvalue weighted by molar-refractivity contribution is -0.122. The molecule has 1 atom stereocenters. The van der Waals surface area contributed by atoms with E-state index >= 15 is 0 Å². The minimum absolute atomic E-state index is 0.150. The number of rotatable bonds is 2. The lowest BCUT2D eigenvalue weighted by Crippen LogP contribution is -2.41. The first-order valence-electron chi connectivity index (χ1n) is 4.27. The average Bonchev–Trinajstić information content (AvgIpc) is 2.62. The molecule has 5 heteroatoms. The molecule has 2 heterocycles. The van der Waals surface area contributed by atoms with Gasteiger partial charge in [-0.2, -0.15) is 0 Å². The van der Waals surface area contributed by atoms with Gasteiger partial charge < -0.3 is 10.6 Å². The van der Waals surface area contributed by atoms with Crippen LogP contribution in [0.2, 0.25) is 0 Å². The maximum atomic E-state index is 10.9. The lowest BCUT2D eigenvalue weighted by Gasteiger charge is -2.22. The molecule has 0 saturated carbocycles. The van der Waals surface area contributed by atoms with Gasteiger partial charge in [-0.05, 0) is 6.42 Å². The lowest BCUT2D eigenvalue weighted by atomic mass is 10.1. The van der Waals surface area contributed by atoms with E-state index in [1.54, 1.807) is 17.5 Å². The molecule has 4 nitrogen and oxygen atoms in total. The molecular formula is C8H11N3OS. The second-order valence-electron chi connectivity index (χ2n) is 3.02. The molecule has 1 aliphatic heterocycles. The molecule has 1 unspecified atom stereocenters. The maximum Gasteiger partial charge on any atom is 0.220 e. The van der Waals surface area contributed by atoms with Crippen molar-refractivity contribution in [1.29, 1.82) is 0 Å². The Morgan fingerprint density at radius 2 is 2.62 bits per heavy atom. The van der Waals surface area contributed by atoms with Gasteiger partial charge in [-0.25, -0.2) is 4.98 Å². The predicted octanol–water partition coefficient (Wildman–Crippen LogP) is 0.834. The number of carbonyl (C=O) groups excluding carboxylic acids is 1. The molecule has 2 N–H and O–H groups in total. The Morgan fingerprint density at radius 3 is 3.23 bits per heavy atom. The monoisotopic (exact) mass is 197 g/mol. The fourth-order valence-corrected chi connectivity index (χ4v) is 1.93. The van der Waals surface area contributed by atoms with E-state index in [9.17, 15) is 4.79 Å². The van der Waals surface area contributed by atoms with E-state index < -0.39 is 0 Å². The summed E-state index contributed by atoms with van der Waals surface area (Å²) >= 11 is 1.58. The van der Waals surface area contributed by atoms with E-state index in [1.807, 2.05) is 5.38 Å². The first kappa shape index (κ1) is 8.50. The van der Waals surface area contributed by atoms with Crippen LogP contribution in [0.25, 0.3) is 0 Å². The van der Waals surface area contributed by atoms with Crippen LogP contribution >= 0.6 is 11.3 Å². The van der Waals surface area contributed by atoms with Crippen LogP contribution in [0.3, 0.4) is 0 Å². The molecule has 1 aromatic heterocycles. The summed E-state index contributed by atoms with van der Waals surface area (Å²) in [4.78, 5) is 15.0. The maximum absolute atomic E-state index is 10.9. The normalized spacial score (nSPS) is 22.5. The molecule has 1 aliphatic rings. The highest BCUT2D eigenvalue weighted by atomic mass is 32.1. The molecule has 1 saturated heterocycles. The third kappa shape index (κ3) is 2.18. The SMILES string of the molecule is O=C1CCC(Nc2nccs2)CN1. The Morgan fingerprint density at radius 1 is 1.69 bits per heavy atom. The molecule has 0 bridgehead atoms. The van der Waals surface area contributed by atoms with Crippen molar-refractivity contribution in [3.8, 4) is 0 Å². The number of anilines is 1. The third-order valence-corrected chi connectivity index (χ3v) is 2.73. The predicted molar refractivity (Wildman–Crippen MR) is 51.8 cm³/mol. The second-order valence-corrected chi connectivity index (χ2v) is 3.92. The molecule has 0 radical (unpaired) electrons. The Kier molecular flexibility index (Phi) is 2.44. The zero-order valence-electron chi connectivity index (χ0n) is 7.12. The van der Waals surface area contributed by atoms with Gasteiger partial charge in [-0.3, -0.25) is 4.79 Å². The largest absolute Gasteiger partial charge is 0.357 e. The number of nitrogens with zero attached hydrogens (tertiary/aromatic N) is 1. The van der Waals surface area contributed by atoms with E-state index in [-0.39, 0.29) is 5.91 Å². The first-order chi connectivity index (χ1) is 6.34. The average molecular weight is 197 g/mol. The minimum Gasteiger partial charge on any atom is -0.357 e. The van der Waals surface area contributed by atoms with Crippen LogP contribution in [0.4, 0.5) is 5.13 Å². The topological polar surface area (TPSA) is 54.0 Å². The van der Waals surface area contributed by atoms with Gasteiger partial charge in [-0.15, -0.1) is 11.3 Å². The van der Waals surface area contributed by atoms with Gasteiger partial charge in [0.2, 0.25) is 5.91 Å². The Hall–Kier alpha value is -1.10. The fourth-order valence-electron chi connectivity index (χ4n) is 1.33. The Balaban J connectivity index is 1.86. The standard InChI is InChI=1S/C8H11N3OS/c12-7-2-1-6(5-10-7)11-8-9-3-4-13-8/h3-4,6H,1-2,5H2,(H,9,11)(H,10,12). The van der Waals surface area contributed by atoms with Gasteiger partial charge in [0, 0.05) is 30.6 Å². The van der Waals surface area contributed by atoms with Gasteiger partial charge in [0.1, 0.15) is 0 Å². The van der Waals surface area contributed by atoms with E-state index in [4.69, 9.17) is 0 Å². The van der Waals surface area contributed by atoms with Crippen LogP contribution in [0, 0.1) is 0 Å². The molecule has 1 amide bonds. The molecule has 70 valence electrons. The van der Waals surface area contributed by atoms with Crippen molar-refractivity contribution in [2.75, 3.05) is 11.9 Å². The number of hydrogen-bond acceptors (Lipinski definition) is 4. The quantitative estimate of drug-likeness (QED) is 0.738. The van der Waals surface area contributed by atoms with Crippen LogP contribution in [-0.2, 0) is 4.79 Å². The summed E-state index contributed by atoms with van der Waals surface area (Å²) in [6.45, 7) is 0.707. The summed E-state index contributed by atoms with van der Waals surface area (Å²) in [5.74, 6) is 0.150. The van der Waals surface area contributed by atoms with Crippen molar-refractivity contribution in [2.45, 2.75) is 18.9 Å². The smallest absolute Gasteiger partial charge is 0.220 e. The van der Waals surface area contributed by atoms with Crippen molar-refractivity contribution in [2.24, 2.45) is 0 Å². The highest BCUT2D eigenvalue weighted by molar-refractivity contribution is 7.13.